The Morgan fingerprint density at radius 3 is 2.71 bits per heavy atom. The number of benzene rings is 2. The van der Waals surface area contributed by atoms with E-state index in [9.17, 15) is 9.90 Å². The lowest BCUT2D eigenvalue weighted by Gasteiger charge is -2.17. The zero-order valence-electron chi connectivity index (χ0n) is 15.8. The van der Waals surface area contributed by atoms with E-state index < -0.39 is 6.10 Å². The summed E-state index contributed by atoms with van der Waals surface area (Å²) >= 11 is 0. The minimum absolute atomic E-state index is 0.0721. The number of rotatable bonds is 6. The highest BCUT2D eigenvalue weighted by Crippen LogP contribution is 2.26. The van der Waals surface area contributed by atoms with Crippen LogP contribution in [0.5, 0.6) is 5.75 Å². The molecule has 0 spiro atoms. The highest BCUT2D eigenvalue weighted by molar-refractivity contribution is 6.01. The van der Waals surface area contributed by atoms with Crippen LogP contribution in [-0.4, -0.2) is 27.4 Å². The maximum atomic E-state index is 12.7. The van der Waals surface area contributed by atoms with Crippen LogP contribution in [0.25, 0.3) is 22.1 Å². The van der Waals surface area contributed by atoms with E-state index in [2.05, 4.69) is 18.8 Å². The van der Waals surface area contributed by atoms with E-state index in [1.54, 1.807) is 6.07 Å². The van der Waals surface area contributed by atoms with E-state index in [0.717, 1.165) is 16.7 Å². The lowest BCUT2D eigenvalue weighted by Crippen LogP contribution is -2.30. The molecule has 2 aromatic carbocycles. The summed E-state index contributed by atoms with van der Waals surface area (Å²) < 4.78 is 12.8. The summed E-state index contributed by atoms with van der Waals surface area (Å²) in [4.78, 5) is 17.1. The minimum atomic E-state index is -0.860. The van der Waals surface area contributed by atoms with E-state index in [0.29, 0.717) is 17.0 Å². The molecule has 2 aromatic heterocycles. The number of furan rings is 1. The second kappa shape index (κ2) is 7.48. The van der Waals surface area contributed by atoms with Crippen molar-refractivity contribution in [1.29, 1.82) is 0 Å². The summed E-state index contributed by atoms with van der Waals surface area (Å²) in [6.45, 7) is 4.33. The van der Waals surface area contributed by atoms with E-state index in [-0.39, 0.29) is 24.3 Å². The molecule has 1 unspecified atom stereocenters. The normalized spacial score (nSPS) is 12.7. The Labute approximate surface area is 162 Å². The van der Waals surface area contributed by atoms with Crippen LogP contribution in [0.1, 0.15) is 25.3 Å². The number of fused-ring (bicyclic) bond motifs is 3. The first-order valence-corrected chi connectivity index (χ1v) is 9.31. The molecular weight excluding hydrogens is 356 g/mol. The number of aliphatic hydroxyl groups is 1. The molecule has 6 heteroatoms. The molecule has 4 aromatic rings. The Kier molecular flexibility index (Phi) is 4.88. The topological polar surface area (TPSA) is 77.5 Å². The van der Waals surface area contributed by atoms with E-state index in [1.165, 1.54) is 10.9 Å². The Morgan fingerprint density at radius 2 is 1.89 bits per heavy atom. The maximum Gasteiger partial charge on any atom is 0.297 e. The average Bonchev–Trinajstić information content (AvgIpc) is 3.08. The largest absolute Gasteiger partial charge is 0.491 e. The van der Waals surface area contributed by atoms with Gasteiger partial charge in [0.15, 0.2) is 0 Å². The molecule has 0 amide bonds. The van der Waals surface area contributed by atoms with Crippen LogP contribution in [0.4, 0.5) is 0 Å². The fraction of sp³-hybridized carbons (Fsp3) is 0.273. The zero-order valence-corrected chi connectivity index (χ0v) is 15.8. The van der Waals surface area contributed by atoms with Crippen LogP contribution < -0.4 is 10.3 Å². The van der Waals surface area contributed by atoms with Gasteiger partial charge in [0, 0.05) is 5.39 Å². The highest BCUT2D eigenvalue weighted by atomic mass is 16.5. The van der Waals surface area contributed by atoms with Gasteiger partial charge in [-0.15, -0.1) is 0 Å². The van der Waals surface area contributed by atoms with Crippen LogP contribution in [0.2, 0.25) is 0 Å². The second-order valence-electron chi connectivity index (χ2n) is 7.14. The fourth-order valence-corrected chi connectivity index (χ4v) is 3.30. The molecule has 1 N–H and O–H groups in total. The van der Waals surface area contributed by atoms with Crippen molar-refractivity contribution in [3.63, 3.8) is 0 Å². The third-order valence-corrected chi connectivity index (χ3v) is 4.73. The van der Waals surface area contributed by atoms with Gasteiger partial charge >= 0.3 is 0 Å². The zero-order chi connectivity index (χ0) is 19.7. The molecule has 2 heterocycles. The van der Waals surface area contributed by atoms with Gasteiger partial charge in [-0.2, -0.15) is 0 Å². The Morgan fingerprint density at radius 1 is 1.14 bits per heavy atom. The van der Waals surface area contributed by atoms with E-state index in [4.69, 9.17) is 9.15 Å². The molecular formula is C22H22N2O4. The molecule has 0 bridgehead atoms. The van der Waals surface area contributed by atoms with Crippen LogP contribution in [0.15, 0.2) is 64.1 Å². The molecule has 0 aliphatic rings. The highest BCUT2D eigenvalue weighted by Gasteiger charge is 2.16. The third-order valence-electron chi connectivity index (χ3n) is 4.73. The van der Waals surface area contributed by atoms with Gasteiger partial charge in [0.1, 0.15) is 29.6 Å². The lowest BCUT2D eigenvalue weighted by atomic mass is 10.0. The van der Waals surface area contributed by atoms with Crippen molar-refractivity contribution < 1.29 is 14.3 Å². The third kappa shape index (κ3) is 3.39. The quantitative estimate of drug-likeness (QED) is 0.553. The van der Waals surface area contributed by atoms with Crippen LogP contribution in [0.3, 0.4) is 0 Å². The summed E-state index contributed by atoms with van der Waals surface area (Å²) in [5.74, 6) is 1.06. The first kappa shape index (κ1) is 18.3. The molecule has 0 aliphatic carbocycles. The summed E-state index contributed by atoms with van der Waals surface area (Å²) in [5.41, 5.74) is 2.12. The Bertz CT molecular complexity index is 1180. The molecule has 0 fully saturated rings. The number of ether oxygens (including phenoxy) is 1. The molecule has 4 rings (SSSR count). The van der Waals surface area contributed by atoms with Crippen LogP contribution in [-0.2, 0) is 6.54 Å². The SMILES string of the molecule is CC(C)c1ccccc1OCC(O)Cn1cnc2c(oc3ccccc32)c1=O. The van der Waals surface area contributed by atoms with Gasteiger partial charge in [0.05, 0.1) is 12.9 Å². The molecule has 6 nitrogen and oxygen atoms in total. The van der Waals surface area contributed by atoms with Gasteiger partial charge in [-0.1, -0.05) is 44.2 Å². The lowest BCUT2D eigenvalue weighted by molar-refractivity contribution is 0.0908. The average molecular weight is 378 g/mol. The van der Waals surface area contributed by atoms with Crippen molar-refractivity contribution in [3.05, 3.63) is 70.8 Å². The minimum Gasteiger partial charge on any atom is -0.491 e. The van der Waals surface area contributed by atoms with Crippen molar-refractivity contribution in [2.24, 2.45) is 0 Å². The molecule has 0 saturated heterocycles. The standard InChI is InChI=1S/C22H22N2O4/c1-14(2)16-7-3-5-9-18(16)27-12-15(25)11-24-13-23-20-17-8-4-6-10-19(17)28-21(20)22(24)26/h3-10,13-15,25H,11-12H2,1-2H3. The number of aromatic nitrogens is 2. The van der Waals surface area contributed by atoms with Crippen molar-refractivity contribution in [2.75, 3.05) is 6.61 Å². The number of aliphatic hydroxyl groups excluding tert-OH is 1. The molecule has 28 heavy (non-hydrogen) atoms. The van der Waals surface area contributed by atoms with Gasteiger partial charge < -0.3 is 14.3 Å². The summed E-state index contributed by atoms with van der Waals surface area (Å²) in [6, 6.07) is 15.2. The van der Waals surface area contributed by atoms with Gasteiger partial charge in [-0.3, -0.25) is 9.36 Å². The summed E-state index contributed by atoms with van der Waals surface area (Å²) in [6.07, 6.45) is 0.583. The maximum absolute atomic E-state index is 12.7. The predicted octanol–water partition coefficient (Wildman–Crippen LogP) is 3.71. The first-order valence-electron chi connectivity index (χ1n) is 9.31. The molecule has 0 radical (unpaired) electrons. The molecule has 0 saturated carbocycles. The smallest absolute Gasteiger partial charge is 0.297 e. The van der Waals surface area contributed by atoms with E-state index in [1.807, 2.05) is 42.5 Å². The molecule has 0 aliphatic heterocycles. The van der Waals surface area contributed by atoms with Crippen molar-refractivity contribution in [1.82, 2.24) is 9.55 Å². The van der Waals surface area contributed by atoms with Crippen molar-refractivity contribution in [3.8, 4) is 5.75 Å². The van der Waals surface area contributed by atoms with Gasteiger partial charge in [0.2, 0.25) is 5.58 Å². The Hall–Kier alpha value is -3.12. The second-order valence-corrected chi connectivity index (χ2v) is 7.14. The van der Waals surface area contributed by atoms with Gasteiger partial charge in [-0.05, 0) is 29.7 Å². The molecule has 144 valence electrons. The van der Waals surface area contributed by atoms with Crippen LogP contribution >= 0.6 is 0 Å². The van der Waals surface area contributed by atoms with Crippen LogP contribution in [0, 0.1) is 0 Å². The number of nitrogens with zero attached hydrogens (tertiary/aromatic N) is 2. The monoisotopic (exact) mass is 378 g/mol. The number of hydrogen-bond donors (Lipinski definition) is 1. The van der Waals surface area contributed by atoms with Crippen molar-refractivity contribution >= 4 is 22.1 Å². The molecule has 1 atom stereocenters. The van der Waals surface area contributed by atoms with Gasteiger partial charge in [-0.25, -0.2) is 4.98 Å². The van der Waals surface area contributed by atoms with Gasteiger partial charge in [0.25, 0.3) is 5.56 Å². The van der Waals surface area contributed by atoms with Crippen molar-refractivity contribution in [2.45, 2.75) is 32.4 Å². The summed E-state index contributed by atoms with van der Waals surface area (Å²) in [7, 11) is 0. The fourth-order valence-electron chi connectivity index (χ4n) is 3.30. The van der Waals surface area contributed by atoms with E-state index >= 15 is 0 Å². The predicted molar refractivity (Wildman–Crippen MR) is 108 cm³/mol. The summed E-state index contributed by atoms with van der Waals surface area (Å²) in [5, 5.41) is 11.2. The first-order chi connectivity index (χ1) is 13.5. The number of para-hydroxylation sites is 2. The number of hydrogen-bond acceptors (Lipinski definition) is 5. The Balaban J connectivity index is 1.53.